The van der Waals surface area contributed by atoms with Gasteiger partial charge in [-0.2, -0.15) is 0 Å². The second-order valence-electron chi connectivity index (χ2n) is 11.0. The van der Waals surface area contributed by atoms with Gasteiger partial charge in [-0.15, -0.1) is 0 Å². The summed E-state index contributed by atoms with van der Waals surface area (Å²) in [6, 6.07) is 5.98. The summed E-state index contributed by atoms with van der Waals surface area (Å²) >= 11 is 6.69. The SMILES string of the molecule is CC(C)(O)[C@H]1C[C@@H]1C(=O)Nc1cc2cc(C3CCN([C@]4(C)COC[C@@H]4O)CC3)c(Cl)cc2cn1. The summed E-state index contributed by atoms with van der Waals surface area (Å²) in [5, 5.41) is 26.1. The first kappa shape index (κ1) is 23.9. The third-order valence-corrected chi connectivity index (χ3v) is 8.50. The molecule has 1 aromatic heterocycles. The minimum absolute atomic E-state index is 0.0107. The third kappa shape index (κ3) is 4.44. The van der Waals surface area contributed by atoms with Crippen molar-refractivity contribution in [3.63, 3.8) is 0 Å². The van der Waals surface area contributed by atoms with E-state index in [0.717, 1.165) is 47.3 Å². The van der Waals surface area contributed by atoms with Crippen LogP contribution in [0.2, 0.25) is 5.02 Å². The third-order valence-electron chi connectivity index (χ3n) is 8.17. The fourth-order valence-electron chi connectivity index (χ4n) is 5.71. The van der Waals surface area contributed by atoms with E-state index in [4.69, 9.17) is 16.3 Å². The molecule has 2 aliphatic heterocycles. The number of aromatic nitrogens is 1. The van der Waals surface area contributed by atoms with E-state index < -0.39 is 11.7 Å². The number of carbonyl (C=O) groups is 1. The molecule has 184 valence electrons. The van der Waals surface area contributed by atoms with Gasteiger partial charge in [0.2, 0.25) is 5.91 Å². The molecule has 7 nitrogen and oxygen atoms in total. The standard InChI is InChI=1S/C26H34ClN3O4/c1-25(2,33)20-11-19(20)24(32)29-23-10-16-8-18(21(27)9-17(16)12-28-23)15-4-6-30(7-5-15)26(3)14-34-13-22(26)31/h8-10,12,15,19-20,22,31,33H,4-7,11,13-14H2,1-3H3,(H,28,29,32)/t19-,20-,22-,26+/m0/s1. The molecule has 0 radical (unpaired) electrons. The molecule has 0 unspecified atom stereocenters. The van der Waals surface area contributed by atoms with Crippen LogP contribution in [0.3, 0.4) is 0 Å². The summed E-state index contributed by atoms with van der Waals surface area (Å²) in [4.78, 5) is 19.4. The number of hydrogen-bond donors (Lipinski definition) is 3. The van der Waals surface area contributed by atoms with Gasteiger partial charge in [-0.3, -0.25) is 9.69 Å². The molecule has 3 aliphatic rings. The maximum absolute atomic E-state index is 12.6. The Balaban J connectivity index is 1.29. The quantitative estimate of drug-likeness (QED) is 0.597. The molecule has 34 heavy (non-hydrogen) atoms. The van der Waals surface area contributed by atoms with E-state index in [9.17, 15) is 15.0 Å². The van der Waals surface area contributed by atoms with Crippen molar-refractivity contribution in [1.29, 1.82) is 0 Å². The van der Waals surface area contributed by atoms with E-state index in [1.807, 2.05) is 12.1 Å². The summed E-state index contributed by atoms with van der Waals surface area (Å²) in [5.41, 5.74) is -0.0433. The Hall–Kier alpha value is -1.77. The van der Waals surface area contributed by atoms with Crippen molar-refractivity contribution < 1.29 is 19.7 Å². The first-order chi connectivity index (χ1) is 16.1. The van der Waals surface area contributed by atoms with E-state index in [1.165, 1.54) is 0 Å². The number of amides is 1. The van der Waals surface area contributed by atoms with Gasteiger partial charge in [-0.1, -0.05) is 11.6 Å². The number of benzene rings is 1. The number of ether oxygens (including phenoxy) is 1. The van der Waals surface area contributed by atoms with Crippen molar-refractivity contribution in [2.45, 2.75) is 63.2 Å². The summed E-state index contributed by atoms with van der Waals surface area (Å²) in [6.07, 6.45) is 3.91. The predicted octanol–water partition coefficient (Wildman–Crippen LogP) is 3.56. The molecular formula is C26H34ClN3O4. The molecule has 1 aliphatic carbocycles. The summed E-state index contributed by atoms with van der Waals surface area (Å²) in [5.74, 6) is 0.580. The minimum atomic E-state index is -0.847. The van der Waals surface area contributed by atoms with Gasteiger partial charge >= 0.3 is 0 Å². The molecule has 3 heterocycles. The monoisotopic (exact) mass is 487 g/mol. The lowest BCUT2D eigenvalue weighted by atomic mass is 9.85. The lowest BCUT2D eigenvalue weighted by Crippen LogP contribution is -2.56. The zero-order chi connectivity index (χ0) is 24.3. The molecule has 1 saturated carbocycles. The molecule has 8 heteroatoms. The average molecular weight is 488 g/mol. The topological polar surface area (TPSA) is 94.9 Å². The average Bonchev–Trinajstić information content (AvgIpc) is 3.54. The van der Waals surface area contributed by atoms with Gasteiger partial charge in [0.25, 0.3) is 0 Å². The van der Waals surface area contributed by atoms with Crippen LogP contribution < -0.4 is 5.32 Å². The Labute approximate surface area is 205 Å². The summed E-state index contributed by atoms with van der Waals surface area (Å²) in [6.45, 7) is 8.32. The fourth-order valence-corrected chi connectivity index (χ4v) is 6.03. The van der Waals surface area contributed by atoms with Crippen LogP contribution in [0.15, 0.2) is 24.4 Å². The molecule has 0 bridgehead atoms. The van der Waals surface area contributed by atoms with Crippen LogP contribution in [-0.4, -0.2) is 69.6 Å². The van der Waals surface area contributed by atoms with Gasteiger partial charge in [-0.05, 0) is 94.1 Å². The van der Waals surface area contributed by atoms with Gasteiger partial charge in [0, 0.05) is 22.5 Å². The van der Waals surface area contributed by atoms with Crippen molar-refractivity contribution >= 4 is 34.1 Å². The summed E-state index contributed by atoms with van der Waals surface area (Å²) < 4.78 is 5.52. The van der Waals surface area contributed by atoms with Crippen LogP contribution in [0.5, 0.6) is 0 Å². The molecule has 2 saturated heterocycles. The maximum atomic E-state index is 12.6. The van der Waals surface area contributed by atoms with E-state index in [0.29, 0.717) is 31.4 Å². The Morgan fingerprint density at radius 3 is 2.62 bits per heavy atom. The number of hydrogen-bond acceptors (Lipinski definition) is 6. The zero-order valence-electron chi connectivity index (χ0n) is 20.1. The number of nitrogens with one attached hydrogen (secondary N) is 1. The Bertz CT molecular complexity index is 1100. The first-order valence-electron chi connectivity index (χ1n) is 12.2. The highest BCUT2D eigenvalue weighted by atomic mass is 35.5. The first-order valence-corrected chi connectivity index (χ1v) is 12.6. The van der Waals surface area contributed by atoms with E-state index in [1.54, 1.807) is 20.0 Å². The Kier molecular flexibility index (Phi) is 6.14. The van der Waals surface area contributed by atoms with Gasteiger partial charge in [0.15, 0.2) is 0 Å². The van der Waals surface area contributed by atoms with Crippen LogP contribution in [0.1, 0.15) is 51.5 Å². The van der Waals surface area contributed by atoms with Gasteiger partial charge in [-0.25, -0.2) is 4.98 Å². The highest BCUT2D eigenvalue weighted by molar-refractivity contribution is 6.32. The number of fused-ring (bicyclic) bond motifs is 1. The van der Waals surface area contributed by atoms with Crippen LogP contribution in [-0.2, 0) is 9.53 Å². The van der Waals surface area contributed by atoms with Crippen LogP contribution >= 0.6 is 11.6 Å². The van der Waals surface area contributed by atoms with E-state index >= 15 is 0 Å². The number of carbonyl (C=O) groups excluding carboxylic acids is 1. The number of piperidine rings is 1. The number of aliphatic hydroxyl groups excluding tert-OH is 1. The molecule has 0 spiro atoms. The van der Waals surface area contributed by atoms with Crippen molar-refractivity contribution in [2.75, 3.05) is 31.6 Å². The van der Waals surface area contributed by atoms with Gasteiger partial charge in [0.05, 0.1) is 30.5 Å². The van der Waals surface area contributed by atoms with Crippen LogP contribution in [0.25, 0.3) is 10.8 Å². The molecule has 1 amide bonds. The Morgan fingerprint density at radius 2 is 2.00 bits per heavy atom. The molecule has 1 aromatic carbocycles. The van der Waals surface area contributed by atoms with Crippen LogP contribution in [0.4, 0.5) is 5.82 Å². The van der Waals surface area contributed by atoms with Gasteiger partial charge in [0.1, 0.15) is 5.82 Å². The lowest BCUT2D eigenvalue weighted by Gasteiger charge is -2.43. The number of pyridine rings is 1. The molecule has 5 rings (SSSR count). The maximum Gasteiger partial charge on any atom is 0.229 e. The molecular weight excluding hydrogens is 454 g/mol. The Morgan fingerprint density at radius 1 is 1.26 bits per heavy atom. The highest BCUT2D eigenvalue weighted by Gasteiger charge is 2.51. The second kappa shape index (κ2) is 8.71. The zero-order valence-corrected chi connectivity index (χ0v) is 20.8. The molecule has 3 fully saturated rings. The highest BCUT2D eigenvalue weighted by Crippen LogP contribution is 2.47. The predicted molar refractivity (Wildman–Crippen MR) is 132 cm³/mol. The van der Waals surface area contributed by atoms with E-state index in [2.05, 4.69) is 28.2 Å². The normalized spacial score (nSPS) is 30.6. The number of rotatable bonds is 5. The number of aliphatic hydroxyl groups is 2. The van der Waals surface area contributed by atoms with E-state index in [-0.39, 0.29) is 23.3 Å². The number of likely N-dealkylation sites (tertiary alicyclic amines) is 1. The smallest absolute Gasteiger partial charge is 0.229 e. The molecule has 2 aromatic rings. The minimum Gasteiger partial charge on any atom is -0.390 e. The van der Waals surface area contributed by atoms with Gasteiger partial charge < -0.3 is 20.3 Å². The van der Waals surface area contributed by atoms with Crippen molar-refractivity contribution in [3.8, 4) is 0 Å². The number of nitrogens with zero attached hydrogens (tertiary/aromatic N) is 2. The molecule has 3 N–H and O–H groups in total. The van der Waals surface area contributed by atoms with Crippen molar-refractivity contribution in [2.24, 2.45) is 11.8 Å². The van der Waals surface area contributed by atoms with Crippen molar-refractivity contribution in [1.82, 2.24) is 9.88 Å². The largest absolute Gasteiger partial charge is 0.390 e. The summed E-state index contributed by atoms with van der Waals surface area (Å²) in [7, 11) is 0. The lowest BCUT2D eigenvalue weighted by molar-refractivity contribution is -0.118. The number of anilines is 1. The fraction of sp³-hybridized carbons (Fsp3) is 0.615. The number of halogens is 1. The second-order valence-corrected chi connectivity index (χ2v) is 11.4. The van der Waals surface area contributed by atoms with Crippen molar-refractivity contribution in [3.05, 3.63) is 35.0 Å². The molecule has 4 atom stereocenters. The van der Waals surface area contributed by atoms with Crippen LogP contribution in [0, 0.1) is 11.8 Å².